The summed E-state index contributed by atoms with van der Waals surface area (Å²) in [6, 6.07) is 11.8. The molecule has 1 heterocycles. The van der Waals surface area contributed by atoms with E-state index in [0.717, 1.165) is 15.7 Å². The molecule has 0 spiro atoms. The zero-order valence-electron chi connectivity index (χ0n) is 10.1. The van der Waals surface area contributed by atoms with Crippen LogP contribution in [-0.4, -0.2) is 10.9 Å². The molecule has 2 aromatic rings. The minimum Gasteiger partial charge on any atom is -0.365 e. The summed E-state index contributed by atoms with van der Waals surface area (Å²) in [6.45, 7) is 1.98. The van der Waals surface area contributed by atoms with E-state index in [-0.39, 0.29) is 11.9 Å². The monoisotopic (exact) mass is 306 g/mol. The Labute approximate surface area is 115 Å². The van der Waals surface area contributed by atoms with E-state index in [2.05, 4.69) is 26.2 Å². The smallest absolute Gasteiger partial charge is 0.226 e. The van der Waals surface area contributed by atoms with E-state index in [0.29, 0.717) is 6.42 Å². The zero-order chi connectivity index (χ0) is 13.0. The molecule has 2 rings (SSSR count). The van der Waals surface area contributed by atoms with Gasteiger partial charge in [0, 0.05) is 16.4 Å². The van der Waals surface area contributed by atoms with Crippen molar-refractivity contribution in [2.24, 2.45) is 0 Å². The third-order valence-electron chi connectivity index (χ3n) is 2.74. The number of aromatic nitrogens is 1. The summed E-state index contributed by atoms with van der Waals surface area (Å²) in [5, 5.41) is 2.98. The highest BCUT2D eigenvalue weighted by atomic mass is 79.9. The maximum absolute atomic E-state index is 11.8. The first-order chi connectivity index (χ1) is 8.65. The molecule has 0 radical (unpaired) electrons. The first kappa shape index (κ1) is 12.9. The molecule has 0 bridgehead atoms. The van der Waals surface area contributed by atoms with Crippen LogP contribution in [0.15, 0.2) is 47.1 Å². The molecule has 94 valence electrons. The summed E-state index contributed by atoms with van der Waals surface area (Å²) in [4.78, 5) is 14.9. The van der Waals surface area contributed by atoms with Crippen LogP contribution < -0.4 is 5.32 Å². The number of H-pyrrole nitrogens is 1. The summed E-state index contributed by atoms with van der Waals surface area (Å²) in [7, 11) is 0. The quantitative estimate of drug-likeness (QED) is 0.895. The Morgan fingerprint density at radius 1 is 1.39 bits per heavy atom. The number of amides is 1. The Morgan fingerprint density at radius 3 is 2.89 bits per heavy atom. The van der Waals surface area contributed by atoms with Gasteiger partial charge in [0.05, 0.1) is 12.5 Å². The molecule has 1 atom stereocenters. The fraction of sp³-hybridized carbons (Fsp3) is 0.214. The van der Waals surface area contributed by atoms with Gasteiger partial charge in [0.1, 0.15) is 0 Å². The molecule has 0 fully saturated rings. The van der Waals surface area contributed by atoms with Crippen molar-refractivity contribution in [2.45, 2.75) is 19.4 Å². The SMILES string of the molecule is C[C@H](NC(=O)Cc1ccc[nH]1)c1cccc(Br)c1. The molecule has 2 N–H and O–H groups in total. The second-order valence-electron chi connectivity index (χ2n) is 4.22. The van der Waals surface area contributed by atoms with Crippen LogP contribution in [-0.2, 0) is 11.2 Å². The van der Waals surface area contributed by atoms with Crippen LogP contribution >= 0.6 is 15.9 Å². The maximum Gasteiger partial charge on any atom is 0.226 e. The van der Waals surface area contributed by atoms with Gasteiger partial charge in [0.25, 0.3) is 0 Å². The summed E-state index contributed by atoms with van der Waals surface area (Å²) < 4.78 is 1.02. The van der Waals surface area contributed by atoms with Crippen LogP contribution in [0.5, 0.6) is 0 Å². The second kappa shape index (κ2) is 5.87. The van der Waals surface area contributed by atoms with Crippen molar-refractivity contribution in [2.75, 3.05) is 0 Å². The number of rotatable bonds is 4. The van der Waals surface area contributed by atoms with E-state index >= 15 is 0 Å². The highest BCUT2D eigenvalue weighted by molar-refractivity contribution is 9.10. The van der Waals surface area contributed by atoms with E-state index in [1.165, 1.54) is 0 Å². The van der Waals surface area contributed by atoms with E-state index in [4.69, 9.17) is 0 Å². The fourth-order valence-electron chi connectivity index (χ4n) is 1.80. The Kier molecular flexibility index (Phi) is 4.20. The summed E-state index contributed by atoms with van der Waals surface area (Å²) >= 11 is 3.43. The molecule has 0 saturated heterocycles. The lowest BCUT2D eigenvalue weighted by molar-refractivity contribution is -0.121. The number of carbonyl (C=O) groups excluding carboxylic acids is 1. The maximum atomic E-state index is 11.8. The van der Waals surface area contributed by atoms with E-state index in [1.807, 2.05) is 49.5 Å². The molecule has 0 aliphatic rings. The lowest BCUT2D eigenvalue weighted by atomic mass is 10.1. The Morgan fingerprint density at radius 2 is 2.22 bits per heavy atom. The molecule has 1 aromatic carbocycles. The van der Waals surface area contributed by atoms with Crippen LogP contribution in [0.4, 0.5) is 0 Å². The van der Waals surface area contributed by atoms with Crippen LogP contribution in [0.3, 0.4) is 0 Å². The van der Waals surface area contributed by atoms with Crippen LogP contribution in [0.1, 0.15) is 24.2 Å². The molecule has 0 unspecified atom stereocenters. The van der Waals surface area contributed by atoms with Gasteiger partial charge in [-0.25, -0.2) is 0 Å². The van der Waals surface area contributed by atoms with Crippen molar-refractivity contribution in [3.63, 3.8) is 0 Å². The molecular weight excluding hydrogens is 292 g/mol. The van der Waals surface area contributed by atoms with Crippen LogP contribution in [0.2, 0.25) is 0 Å². The van der Waals surface area contributed by atoms with Gasteiger partial charge >= 0.3 is 0 Å². The van der Waals surface area contributed by atoms with E-state index in [1.54, 1.807) is 0 Å². The minimum absolute atomic E-state index is 0.00459. The number of nitrogens with one attached hydrogen (secondary N) is 2. The van der Waals surface area contributed by atoms with Crippen molar-refractivity contribution < 1.29 is 4.79 Å². The fourth-order valence-corrected chi connectivity index (χ4v) is 2.22. The summed E-state index contributed by atoms with van der Waals surface area (Å²) in [5.41, 5.74) is 2.01. The number of carbonyl (C=O) groups is 1. The number of hydrogen-bond acceptors (Lipinski definition) is 1. The lowest BCUT2D eigenvalue weighted by Gasteiger charge is -2.14. The minimum atomic E-state index is 0.00459. The zero-order valence-corrected chi connectivity index (χ0v) is 11.7. The van der Waals surface area contributed by atoms with Crippen molar-refractivity contribution in [3.05, 3.63) is 58.3 Å². The predicted molar refractivity (Wildman–Crippen MR) is 75.2 cm³/mol. The molecular formula is C14H15BrN2O. The summed E-state index contributed by atoms with van der Waals surface area (Å²) in [5.74, 6) is 0.0184. The van der Waals surface area contributed by atoms with Gasteiger partial charge in [0.15, 0.2) is 0 Å². The molecule has 3 nitrogen and oxygen atoms in total. The van der Waals surface area contributed by atoms with Crippen LogP contribution in [0.25, 0.3) is 0 Å². The largest absolute Gasteiger partial charge is 0.365 e. The van der Waals surface area contributed by atoms with Gasteiger partial charge in [-0.2, -0.15) is 0 Å². The molecule has 0 aliphatic carbocycles. The third-order valence-corrected chi connectivity index (χ3v) is 3.23. The highest BCUT2D eigenvalue weighted by Crippen LogP contribution is 2.17. The molecule has 18 heavy (non-hydrogen) atoms. The molecule has 1 amide bonds. The number of aromatic amines is 1. The molecule has 1 aromatic heterocycles. The molecule has 0 saturated carbocycles. The van der Waals surface area contributed by atoms with Gasteiger partial charge in [-0.15, -0.1) is 0 Å². The van der Waals surface area contributed by atoms with Crippen molar-refractivity contribution in [1.29, 1.82) is 0 Å². The summed E-state index contributed by atoms with van der Waals surface area (Å²) in [6.07, 6.45) is 2.20. The average Bonchev–Trinajstić information content (AvgIpc) is 2.81. The number of halogens is 1. The average molecular weight is 307 g/mol. The van der Waals surface area contributed by atoms with Crippen molar-refractivity contribution in [1.82, 2.24) is 10.3 Å². The molecule has 4 heteroatoms. The first-order valence-electron chi connectivity index (χ1n) is 5.82. The third kappa shape index (κ3) is 3.47. The Balaban J connectivity index is 1.95. The molecule has 0 aliphatic heterocycles. The lowest BCUT2D eigenvalue weighted by Crippen LogP contribution is -2.28. The van der Waals surface area contributed by atoms with Gasteiger partial charge in [-0.3, -0.25) is 4.79 Å². The van der Waals surface area contributed by atoms with E-state index < -0.39 is 0 Å². The first-order valence-corrected chi connectivity index (χ1v) is 6.61. The topological polar surface area (TPSA) is 44.9 Å². The standard InChI is InChI=1S/C14H15BrN2O/c1-10(11-4-2-5-12(15)8-11)17-14(18)9-13-6-3-7-16-13/h2-8,10,16H,9H2,1H3,(H,17,18)/t10-/m0/s1. The van der Waals surface area contributed by atoms with Crippen molar-refractivity contribution >= 4 is 21.8 Å². The van der Waals surface area contributed by atoms with Gasteiger partial charge in [-0.05, 0) is 36.8 Å². The Bertz CT molecular complexity index is 522. The van der Waals surface area contributed by atoms with Gasteiger partial charge in [0.2, 0.25) is 5.91 Å². The van der Waals surface area contributed by atoms with Gasteiger partial charge in [-0.1, -0.05) is 28.1 Å². The van der Waals surface area contributed by atoms with Gasteiger partial charge < -0.3 is 10.3 Å². The predicted octanol–water partition coefficient (Wildman–Crippen LogP) is 3.20. The van der Waals surface area contributed by atoms with E-state index in [9.17, 15) is 4.79 Å². The number of benzene rings is 1. The highest BCUT2D eigenvalue weighted by Gasteiger charge is 2.10. The van der Waals surface area contributed by atoms with Crippen LogP contribution in [0, 0.1) is 0 Å². The Hall–Kier alpha value is -1.55. The number of hydrogen-bond donors (Lipinski definition) is 2. The normalized spacial score (nSPS) is 12.1. The van der Waals surface area contributed by atoms with Crippen molar-refractivity contribution in [3.8, 4) is 0 Å². The second-order valence-corrected chi connectivity index (χ2v) is 5.13.